The minimum atomic E-state index is 0.884. The Morgan fingerprint density at radius 3 is 1.12 bits per heavy atom. The highest BCUT2D eigenvalue weighted by Gasteiger charge is 1.89. The molecule has 0 fully saturated rings. The van der Waals surface area contributed by atoms with Gasteiger partial charge in [0, 0.05) is 22.3 Å². The normalized spacial score (nSPS) is 8.31. The molecule has 0 aliphatic rings. The van der Waals surface area contributed by atoms with Crippen LogP contribution in [0.3, 0.4) is 0 Å². The molecule has 0 unspecified atom stereocenters. The average Bonchev–Trinajstić information content (AvgIpc) is 2.71. The van der Waals surface area contributed by atoms with Gasteiger partial charge in [0.25, 0.3) is 0 Å². The van der Waals surface area contributed by atoms with Crippen LogP contribution in [0.15, 0.2) is 84.9 Å². The van der Waals surface area contributed by atoms with E-state index in [0.717, 1.165) is 22.3 Å². The maximum atomic E-state index is 3.04. The van der Waals surface area contributed by atoms with E-state index in [1.165, 1.54) is 0 Å². The molecule has 3 aromatic carbocycles. The third-order valence-electron chi connectivity index (χ3n) is 3.36. The first kappa shape index (κ1) is 16.7. The quantitative estimate of drug-likeness (QED) is 0.534. The lowest BCUT2D eigenvalue weighted by molar-refractivity contribution is 1.60. The van der Waals surface area contributed by atoms with E-state index in [2.05, 4.69) is 47.4 Å². The lowest BCUT2D eigenvalue weighted by Crippen LogP contribution is -1.78. The number of rotatable bonds is 0. The van der Waals surface area contributed by atoms with Crippen LogP contribution in [-0.4, -0.2) is 0 Å². The second kappa shape index (κ2) is 9.26. The number of hydrogen-bond acceptors (Lipinski definition) is 0. The summed E-state index contributed by atoms with van der Waals surface area (Å²) >= 11 is 0. The van der Waals surface area contributed by atoms with E-state index in [0.29, 0.717) is 0 Å². The molecule has 118 valence electrons. The Balaban J connectivity index is 1.69. The zero-order chi connectivity index (χ0) is 17.9. The first-order chi connectivity index (χ1) is 12.9. The standard InChI is InChI=1S/C26H14/c1-3-12-23(13-4-1)16-7-9-18-25-20-11-21-26(22-25)19-10-8-17-24-14-5-2-6-15-24/h1-6,11-15,20-22H. The van der Waals surface area contributed by atoms with Crippen molar-refractivity contribution in [3.63, 3.8) is 0 Å². The Hall–Kier alpha value is -4.10. The third kappa shape index (κ3) is 5.52. The van der Waals surface area contributed by atoms with E-state index in [1.54, 1.807) is 0 Å². The van der Waals surface area contributed by atoms with Gasteiger partial charge in [-0.15, -0.1) is 0 Å². The van der Waals surface area contributed by atoms with Gasteiger partial charge in [0.2, 0.25) is 0 Å². The molecule has 3 rings (SSSR count). The maximum absolute atomic E-state index is 3.04. The highest BCUT2D eigenvalue weighted by molar-refractivity contribution is 5.49. The Bertz CT molecular complexity index is 1030. The molecule has 0 aliphatic heterocycles. The molecule has 0 aromatic heterocycles. The molecule has 26 heavy (non-hydrogen) atoms. The zero-order valence-corrected chi connectivity index (χ0v) is 14.1. The van der Waals surface area contributed by atoms with Crippen LogP contribution in [0.5, 0.6) is 0 Å². The summed E-state index contributed by atoms with van der Waals surface area (Å²) in [5.41, 5.74) is 3.68. The second-order valence-corrected chi connectivity index (χ2v) is 5.31. The molecule has 0 heterocycles. The SMILES string of the molecule is C(C#Cc1cccc(C#CC#Cc2ccccc2)c1)#Cc1ccccc1. The van der Waals surface area contributed by atoms with Gasteiger partial charge in [0.05, 0.1) is 0 Å². The average molecular weight is 326 g/mol. The van der Waals surface area contributed by atoms with Crippen LogP contribution in [0.25, 0.3) is 0 Å². The minimum absolute atomic E-state index is 0.884. The Morgan fingerprint density at radius 1 is 0.346 bits per heavy atom. The van der Waals surface area contributed by atoms with Crippen LogP contribution in [0.4, 0.5) is 0 Å². The van der Waals surface area contributed by atoms with E-state index in [9.17, 15) is 0 Å². The summed E-state index contributed by atoms with van der Waals surface area (Å²) in [5.74, 6) is 23.6. The number of benzene rings is 3. The van der Waals surface area contributed by atoms with E-state index in [1.807, 2.05) is 84.9 Å². The van der Waals surface area contributed by atoms with Crippen molar-refractivity contribution < 1.29 is 0 Å². The van der Waals surface area contributed by atoms with Crippen LogP contribution in [0.1, 0.15) is 22.3 Å². The molecule has 0 saturated carbocycles. The molecule has 0 aliphatic carbocycles. The first-order valence-corrected chi connectivity index (χ1v) is 8.14. The zero-order valence-electron chi connectivity index (χ0n) is 14.1. The topological polar surface area (TPSA) is 0 Å². The highest BCUT2D eigenvalue weighted by Crippen LogP contribution is 2.02. The predicted molar refractivity (Wildman–Crippen MR) is 107 cm³/mol. The van der Waals surface area contributed by atoms with Gasteiger partial charge < -0.3 is 0 Å². The Kier molecular flexibility index (Phi) is 5.96. The van der Waals surface area contributed by atoms with Gasteiger partial charge in [-0.25, -0.2) is 0 Å². The molecule has 0 bridgehead atoms. The molecule has 0 nitrogen and oxygen atoms in total. The minimum Gasteiger partial charge on any atom is -0.0622 e. The van der Waals surface area contributed by atoms with Crippen molar-refractivity contribution in [2.45, 2.75) is 0 Å². The van der Waals surface area contributed by atoms with Crippen LogP contribution < -0.4 is 0 Å². The van der Waals surface area contributed by atoms with E-state index < -0.39 is 0 Å². The maximum Gasteiger partial charge on any atom is 0.0267 e. The van der Waals surface area contributed by atoms with E-state index in [-0.39, 0.29) is 0 Å². The first-order valence-electron chi connectivity index (χ1n) is 8.14. The summed E-state index contributed by atoms with van der Waals surface area (Å²) in [4.78, 5) is 0. The van der Waals surface area contributed by atoms with Gasteiger partial charge in [0.15, 0.2) is 0 Å². The molecule has 0 atom stereocenters. The molecule has 0 heteroatoms. The summed E-state index contributed by atoms with van der Waals surface area (Å²) in [6.07, 6.45) is 0. The van der Waals surface area contributed by atoms with Gasteiger partial charge in [-0.3, -0.25) is 0 Å². The van der Waals surface area contributed by atoms with Crippen molar-refractivity contribution in [3.05, 3.63) is 107 Å². The van der Waals surface area contributed by atoms with E-state index in [4.69, 9.17) is 0 Å². The molecule has 0 amide bonds. The van der Waals surface area contributed by atoms with Crippen molar-refractivity contribution in [2.75, 3.05) is 0 Å². The molecule has 0 N–H and O–H groups in total. The monoisotopic (exact) mass is 326 g/mol. The fourth-order valence-corrected chi connectivity index (χ4v) is 2.13. The third-order valence-corrected chi connectivity index (χ3v) is 3.36. The van der Waals surface area contributed by atoms with Crippen molar-refractivity contribution in [3.8, 4) is 47.4 Å². The highest BCUT2D eigenvalue weighted by atomic mass is 13.9. The van der Waals surface area contributed by atoms with Gasteiger partial charge in [-0.1, -0.05) is 66.1 Å². The molecule has 0 radical (unpaired) electrons. The van der Waals surface area contributed by atoms with Gasteiger partial charge in [-0.05, 0) is 66.1 Å². The fraction of sp³-hybridized carbons (Fsp3) is 0. The Labute approximate surface area is 154 Å². The second-order valence-electron chi connectivity index (χ2n) is 5.31. The molecular formula is C26H14. The summed E-state index contributed by atoms with van der Waals surface area (Å²) in [6, 6.07) is 27.4. The summed E-state index contributed by atoms with van der Waals surface area (Å²) < 4.78 is 0. The van der Waals surface area contributed by atoms with Crippen molar-refractivity contribution >= 4 is 0 Å². The Morgan fingerprint density at radius 2 is 0.692 bits per heavy atom. The van der Waals surface area contributed by atoms with Crippen molar-refractivity contribution in [1.29, 1.82) is 0 Å². The lowest BCUT2D eigenvalue weighted by Gasteiger charge is -1.90. The smallest absolute Gasteiger partial charge is 0.0267 e. The lowest BCUT2D eigenvalue weighted by atomic mass is 10.1. The van der Waals surface area contributed by atoms with Gasteiger partial charge >= 0.3 is 0 Å². The van der Waals surface area contributed by atoms with Crippen LogP contribution in [0.2, 0.25) is 0 Å². The molecule has 0 spiro atoms. The molecular weight excluding hydrogens is 312 g/mol. The molecule has 0 saturated heterocycles. The van der Waals surface area contributed by atoms with Gasteiger partial charge in [0.1, 0.15) is 0 Å². The fourth-order valence-electron chi connectivity index (χ4n) is 2.13. The largest absolute Gasteiger partial charge is 0.0622 e. The summed E-state index contributed by atoms with van der Waals surface area (Å²) in [6.45, 7) is 0. The van der Waals surface area contributed by atoms with E-state index >= 15 is 0 Å². The van der Waals surface area contributed by atoms with Crippen LogP contribution in [0, 0.1) is 47.4 Å². The van der Waals surface area contributed by atoms with Crippen molar-refractivity contribution in [2.24, 2.45) is 0 Å². The summed E-state index contributed by atoms with van der Waals surface area (Å²) in [5, 5.41) is 0. The van der Waals surface area contributed by atoms with Gasteiger partial charge in [-0.2, -0.15) is 0 Å². The van der Waals surface area contributed by atoms with Crippen molar-refractivity contribution in [1.82, 2.24) is 0 Å². The summed E-state index contributed by atoms with van der Waals surface area (Å²) in [7, 11) is 0. The molecule has 3 aromatic rings. The van der Waals surface area contributed by atoms with Crippen LogP contribution in [-0.2, 0) is 0 Å². The van der Waals surface area contributed by atoms with Crippen LogP contribution >= 0.6 is 0 Å². The predicted octanol–water partition coefficient (Wildman–Crippen LogP) is 4.49. The number of hydrogen-bond donors (Lipinski definition) is 0.